The van der Waals surface area contributed by atoms with Crippen LogP contribution >= 0.6 is 0 Å². The van der Waals surface area contributed by atoms with E-state index in [1.165, 1.54) is 5.57 Å². The summed E-state index contributed by atoms with van der Waals surface area (Å²) in [6.45, 7) is 9.03. The summed E-state index contributed by atoms with van der Waals surface area (Å²) in [6, 6.07) is 0. The van der Waals surface area contributed by atoms with Crippen LogP contribution in [0.5, 0.6) is 0 Å². The van der Waals surface area contributed by atoms with E-state index in [0.717, 1.165) is 6.42 Å². The highest BCUT2D eigenvalue weighted by Crippen LogP contribution is 2.29. The molecule has 0 aromatic heterocycles. The predicted molar refractivity (Wildman–Crippen MR) is 49.1 cm³/mol. The lowest BCUT2D eigenvalue weighted by molar-refractivity contribution is 0.701. The third kappa shape index (κ3) is 1.74. The van der Waals surface area contributed by atoms with Crippen LogP contribution in [0.2, 0.25) is 0 Å². The minimum absolute atomic E-state index is 0.669. The molecule has 0 aromatic carbocycles. The molecule has 0 heteroatoms. The molecule has 0 aliphatic heterocycles. The molecule has 0 bridgehead atoms. The van der Waals surface area contributed by atoms with E-state index < -0.39 is 0 Å². The average molecular weight is 149 g/mol. The van der Waals surface area contributed by atoms with E-state index in [1.807, 2.05) is 0 Å². The van der Waals surface area contributed by atoms with Gasteiger partial charge in [-0.25, -0.2) is 0 Å². The first kappa shape index (κ1) is 8.58. The van der Waals surface area contributed by atoms with Gasteiger partial charge in [-0.3, -0.25) is 0 Å². The van der Waals surface area contributed by atoms with Crippen LogP contribution in [0.1, 0.15) is 34.1 Å². The third-order valence-corrected chi connectivity index (χ3v) is 2.24. The molecule has 0 aromatic rings. The van der Waals surface area contributed by atoms with Crippen LogP contribution in [0, 0.1) is 17.9 Å². The van der Waals surface area contributed by atoms with Gasteiger partial charge in [0, 0.05) is 0 Å². The van der Waals surface area contributed by atoms with Crippen molar-refractivity contribution in [2.24, 2.45) is 11.8 Å². The molecular formula is C11H17. The topological polar surface area (TPSA) is 0 Å². The Morgan fingerprint density at radius 1 is 1.18 bits per heavy atom. The van der Waals surface area contributed by atoms with Crippen molar-refractivity contribution in [1.29, 1.82) is 0 Å². The van der Waals surface area contributed by atoms with E-state index in [1.54, 1.807) is 5.57 Å². The highest BCUT2D eigenvalue weighted by Gasteiger charge is 2.14. The molecule has 0 heterocycles. The van der Waals surface area contributed by atoms with Gasteiger partial charge in [-0.1, -0.05) is 39.3 Å². The molecule has 1 rings (SSSR count). The second-order valence-corrected chi connectivity index (χ2v) is 3.82. The summed E-state index contributed by atoms with van der Waals surface area (Å²) in [4.78, 5) is 0. The van der Waals surface area contributed by atoms with E-state index in [9.17, 15) is 0 Å². The van der Waals surface area contributed by atoms with Crippen molar-refractivity contribution in [1.82, 2.24) is 0 Å². The second kappa shape index (κ2) is 3.25. The van der Waals surface area contributed by atoms with E-state index in [2.05, 4.69) is 39.8 Å². The summed E-state index contributed by atoms with van der Waals surface area (Å²) >= 11 is 0. The normalized spacial score (nSPS) is 17.6. The summed E-state index contributed by atoms with van der Waals surface area (Å²) in [7, 11) is 0. The molecule has 0 nitrogen and oxygen atoms in total. The van der Waals surface area contributed by atoms with Crippen molar-refractivity contribution in [3.8, 4) is 0 Å². The van der Waals surface area contributed by atoms with E-state index >= 15 is 0 Å². The maximum atomic E-state index is 3.29. The molecular weight excluding hydrogens is 132 g/mol. The van der Waals surface area contributed by atoms with Crippen molar-refractivity contribution < 1.29 is 0 Å². The van der Waals surface area contributed by atoms with Crippen molar-refractivity contribution in [3.63, 3.8) is 0 Å². The Hall–Kier alpha value is -0.520. The first-order valence-electron chi connectivity index (χ1n) is 4.42. The van der Waals surface area contributed by atoms with Gasteiger partial charge in [-0.2, -0.15) is 0 Å². The van der Waals surface area contributed by atoms with Crippen molar-refractivity contribution >= 4 is 0 Å². The quantitative estimate of drug-likeness (QED) is 0.564. The van der Waals surface area contributed by atoms with Crippen LogP contribution in [0.15, 0.2) is 17.2 Å². The number of hydrogen-bond acceptors (Lipinski definition) is 0. The second-order valence-electron chi connectivity index (χ2n) is 3.82. The first-order valence-corrected chi connectivity index (χ1v) is 4.42. The molecule has 1 aliphatic carbocycles. The van der Waals surface area contributed by atoms with Gasteiger partial charge in [0.25, 0.3) is 0 Å². The zero-order chi connectivity index (χ0) is 8.43. The molecule has 0 saturated heterocycles. The fourth-order valence-corrected chi connectivity index (χ4v) is 1.54. The lowest BCUT2D eigenvalue weighted by Gasteiger charge is -2.12. The van der Waals surface area contributed by atoms with Gasteiger partial charge in [0.2, 0.25) is 0 Å². The number of hydrogen-bond donors (Lipinski definition) is 0. The van der Waals surface area contributed by atoms with E-state index in [-0.39, 0.29) is 0 Å². The Morgan fingerprint density at radius 3 is 2.18 bits per heavy atom. The number of rotatable bonds is 2. The molecule has 1 radical (unpaired) electrons. The molecule has 0 spiro atoms. The molecule has 0 fully saturated rings. The van der Waals surface area contributed by atoms with Gasteiger partial charge < -0.3 is 0 Å². The predicted octanol–water partition coefficient (Wildman–Crippen LogP) is 3.36. The van der Waals surface area contributed by atoms with Crippen LogP contribution in [0.25, 0.3) is 0 Å². The van der Waals surface area contributed by atoms with Gasteiger partial charge in [0.15, 0.2) is 0 Å². The molecule has 0 atom stereocenters. The van der Waals surface area contributed by atoms with Crippen molar-refractivity contribution in [2.75, 3.05) is 0 Å². The highest BCUT2D eigenvalue weighted by molar-refractivity contribution is 5.33. The summed E-state index contributed by atoms with van der Waals surface area (Å²) in [6.07, 6.45) is 6.51. The highest BCUT2D eigenvalue weighted by atomic mass is 14.2. The lowest BCUT2D eigenvalue weighted by Crippen LogP contribution is -1.98. The minimum atomic E-state index is 0.669. The van der Waals surface area contributed by atoms with Gasteiger partial charge in [-0.05, 0) is 29.9 Å². The van der Waals surface area contributed by atoms with Crippen molar-refractivity contribution in [3.05, 3.63) is 23.3 Å². The third-order valence-electron chi connectivity index (χ3n) is 2.24. The summed E-state index contributed by atoms with van der Waals surface area (Å²) < 4.78 is 0. The SMILES string of the molecule is CC(C)C1=C(C(C)C)C[C]=C1. The van der Waals surface area contributed by atoms with E-state index in [4.69, 9.17) is 0 Å². The van der Waals surface area contributed by atoms with Crippen molar-refractivity contribution in [2.45, 2.75) is 34.1 Å². The fraction of sp³-hybridized carbons (Fsp3) is 0.636. The summed E-state index contributed by atoms with van der Waals surface area (Å²) in [5, 5.41) is 0. The Labute approximate surface area is 70.0 Å². The Bertz CT molecular complexity index is 192. The molecule has 0 N–H and O–H groups in total. The number of allylic oxidation sites excluding steroid dienone is 4. The Balaban J connectivity index is 2.84. The van der Waals surface area contributed by atoms with Crippen LogP contribution in [-0.2, 0) is 0 Å². The molecule has 61 valence electrons. The standard InChI is InChI=1S/C11H17/c1-8(2)10-6-5-7-11(10)9(3)4/h6,8-9H,7H2,1-4H3. The van der Waals surface area contributed by atoms with Crippen LogP contribution in [0.4, 0.5) is 0 Å². The largest absolute Gasteiger partial charge is 0.0598 e. The smallest absolute Gasteiger partial charge is 0.00556 e. The zero-order valence-corrected chi connectivity index (χ0v) is 7.94. The van der Waals surface area contributed by atoms with Gasteiger partial charge >= 0.3 is 0 Å². The Morgan fingerprint density at radius 2 is 1.82 bits per heavy atom. The zero-order valence-electron chi connectivity index (χ0n) is 7.94. The molecule has 11 heavy (non-hydrogen) atoms. The van der Waals surface area contributed by atoms with Crippen LogP contribution in [0.3, 0.4) is 0 Å². The lowest BCUT2D eigenvalue weighted by atomic mass is 9.93. The molecule has 0 unspecified atom stereocenters. The molecule has 0 amide bonds. The summed E-state index contributed by atoms with van der Waals surface area (Å²) in [5.41, 5.74) is 3.10. The van der Waals surface area contributed by atoms with Gasteiger partial charge in [0.05, 0.1) is 0 Å². The first-order chi connectivity index (χ1) is 5.13. The van der Waals surface area contributed by atoms with Crippen LogP contribution < -0.4 is 0 Å². The maximum Gasteiger partial charge on any atom is -0.00556 e. The van der Waals surface area contributed by atoms with E-state index in [0.29, 0.717) is 11.8 Å². The molecule has 1 aliphatic rings. The fourth-order valence-electron chi connectivity index (χ4n) is 1.54. The van der Waals surface area contributed by atoms with Gasteiger partial charge in [0.1, 0.15) is 0 Å². The van der Waals surface area contributed by atoms with Crippen LogP contribution in [-0.4, -0.2) is 0 Å². The van der Waals surface area contributed by atoms with Gasteiger partial charge in [-0.15, -0.1) is 0 Å². The monoisotopic (exact) mass is 149 g/mol. The maximum absolute atomic E-state index is 3.29. The molecule has 0 saturated carbocycles. The average Bonchev–Trinajstić information content (AvgIpc) is 2.32. The Kier molecular flexibility index (Phi) is 2.53. The minimum Gasteiger partial charge on any atom is -0.0598 e. The summed E-state index contributed by atoms with van der Waals surface area (Å²) in [5.74, 6) is 1.36.